The van der Waals surface area contributed by atoms with Crippen LogP contribution in [-0.2, 0) is 27.1 Å². The number of amides is 3. The van der Waals surface area contributed by atoms with E-state index in [1.165, 1.54) is 22.0 Å². The van der Waals surface area contributed by atoms with E-state index in [-0.39, 0.29) is 12.2 Å². The van der Waals surface area contributed by atoms with Crippen LogP contribution in [0.15, 0.2) is 75.9 Å². The standard InChI is InChI=1S/C27H17ClF3N3O4S3/c28-14-6-8-15(9-7-14)32-18(35)12-33-25-22(41-26(33)38)19(17-5-2-10-39-17)20-21(40-25)24(37)34(23(20)36)16-4-1-3-13(11-16)27(29,30)31/h1-11,19-21H,12H2,(H,32,35)/t19-,20?,21?/m0/s1. The van der Waals surface area contributed by atoms with E-state index in [4.69, 9.17) is 11.6 Å². The zero-order valence-corrected chi connectivity index (χ0v) is 23.8. The molecule has 0 saturated carbocycles. The third kappa shape index (κ3) is 5.00. The fourth-order valence-corrected chi connectivity index (χ4v) is 8.83. The number of aromatic nitrogens is 1. The van der Waals surface area contributed by atoms with Crippen LogP contribution in [0.25, 0.3) is 0 Å². The maximum Gasteiger partial charge on any atom is 0.416 e. The first-order chi connectivity index (χ1) is 19.5. The highest BCUT2D eigenvalue weighted by Gasteiger charge is 2.57. The molecule has 41 heavy (non-hydrogen) atoms. The Morgan fingerprint density at radius 2 is 1.76 bits per heavy atom. The van der Waals surface area contributed by atoms with Crippen molar-refractivity contribution in [2.75, 3.05) is 10.2 Å². The molecule has 2 unspecified atom stereocenters. The fraction of sp³-hybridized carbons (Fsp3) is 0.185. The molecular weight excluding hydrogens is 619 g/mol. The van der Waals surface area contributed by atoms with Gasteiger partial charge in [-0.2, -0.15) is 13.2 Å². The predicted molar refractivity (Wildman–Crippen MR) is 152 cm³/mol. The first kappa shape index (κ1) is 27.8. The van der Waals surface area contributed by atoms with E-state index in [1.54, 1.807) is 41.8 Å². The van der Waals surface area contributed by atoms with Gasteiger partial charge in [0.05, 0.1) is 22.2 Å². The Kier molecular flexibility index (Phi) is 7.09. The minimum atomic E-state index is -4.66. The Labute approximate surface area is 247 Å². The van der Waals surface area contributed by atoms with Gasteiger partial charge in [0.1, 0.15) is 11.8 Å². The van der Waals surface area contributed by atoms with Crippen LogP contribution < -0.4 is 15.1 Å². The lowest BCUT2D eigenvalue weighted by Gasteiger charge is -2.29. The fourth-order valence-electron chi connectivity index (χ4n) is 4.98. The maximum absolute atomic E-state index is 13.8. The third-order valence-electron chi connectivity index (χ3n) is 6.76. The van der Waals surface area contributed by atoms with Crippen molar-refractivity contribution in [3.05, 3.63) is 96.1 Å². The highest BCUT2D eigenvalue weighted by atomic mass is 35.5. The van der Waals surface area contributed by atoms with E-state index in [0.29, 0.717) is 20.6 Å². The summed E-state index contributed by atoms with van der Waals surface area (Å²) in [6.07, 6.45) is -4.66. The smallest absolute Gasteiger partial charge is 0.325 e. The van der Waals surface area contributed by atoms with Crippen LogP contribution in [0.1, 0.15) is 21.2 Å². The van der Waals surface area contributed by atoms with Crippen molar-refractivity contribution in [1.82, 2.24) is 4.57 Å². The lowest BCUT2D eigenvalue weighted by Crippen LogP contribution is -2.32. The molecule has 1 N–H and O–H groups in total. The molecule has 0 bridgehead atoms. The summed E-state index contributed by atoms with van der Waals surface area (Å²) in [5, 5.41) is 4.39. The van der Waals surface area contributed by atoms with E-state index in [2.05, 4.69) is 5.32 Å². The molecule has 14 heteroatoms. The number of hydrogen-bond donors (Lipinski definition) is 1. The molecule has 1 fully saturated rings. The largest absolute Gasteiger partial charge is 0.416 e. The Balaban J connectivity index is 1.38. The number of alkyl halides is 3. The molecule has 0 aliphatic carbocycles. The van der Waals surface area contributed by atoms with Crippen LogP contribution in [0.3, 0.4) is 0 Å². The summed E-state index contributed by atoms with van der Waals surface area (Å²) in [7, 11) is 0. The number of anilines is 2. The van der Waals surface area contributed by atoms with Gasteiger partial charge in [-0.25, -0.2) is 4.90 Å². The average molecular weight is 636 g/mol. The summed E-state index contributed by atoms with van der Waals surface area (Å²) in [4.78, 5) is 55.1. The second kappa shape index (κ2) is 10.5. The molecule has 1 saturated heterocycles. The van der Waals surface area contributed by atoms with Crippen molar-refractivity contribution in [3.63, 3.8) is 0 Å². The van der Waals surface area contributed by atoms with Gasteiger partial charge in [0.25, 0.3) is 0 Å². The van der Waals surface area contributed by atoms with Gasteiger partial charge >= 0.3 is 11.0 Å². The number of nitrogens with one attached hydrogen (secondary N) is 1. The Hall–Kier alpha value is -3.39. The molecule has 0 radical (unpaired) electrons. The zero-order chi connectivity index (χ0) is 29.1. The van der Waals surface area contributed by atoms with Gasteiger partial charge in [-0.3, -0.25) is 23.7 Å². The summed E-state index contributed by atoms with van der Waals surface area (Å²) in [5.74, 6) is -3.41. The molecule has 3 atom stereocenters. The molecule has 4 aromatic rings. The normalized spacial score (nSPS) is 20.2. The van der Waals surface area contributed by atoms with E-state index >= 15 is 0 Å². The highest BCUT2D eigenvalue weighted by molar-refractivity contribution is 8.00. The predicted octanol–water partition coefficient (Wildman–Crippen LogP) is 6.08. The highest BCUT2D eigenvalue weighted by Crippen LogP contribution is 2.54. The molecule has 2 aliphatic rings. The number of rotatable bonds is 5. The van der Waals surface area contributed by atoms with Crippen LogP contribution in [0, 0.1) is 5.92 Å². The molecule has 2 aromatic carbocycles. The molecule has 7 nitrogen and oxygen atoms in total. The second-order valence-corrected chi connectivity index (χ2v) is 12.8. The second-order valence-electron chi connectivity index (χ2n) is 9.30. The lowest BCUT2D eigenvalue weighted by atomic mass is 9.87. The van der Waals surface area contributed by atoms with Gasteiger partial charge in [-0.1, -0.05) is 46.8 Å². The summed E-state index contributed by atoms with van der Waals surface area (Å²) in [6, 6.07) is 14.1. The molecular formula is C27H17ClF3N3O4S3. The lowest BCUT2D eigenvalue weighted by molar-refractivity contribution is -0.137. The topological polar surface area (TPSA) is 88.5 Å². The molecule has 210 valence electrons. The van der Waals surface area contributed by atoms with Gasteiger partial charge in [0.2, 0.25) is 17.7 Å². The summed E-state index contributed by atoms with van der Waals surface area (Å²) in [5.41, 5.74) is -0.667. The van der Waals surface area contributed by atoms with Crippen LogP contribution in [0.4, 0.5) is 24.5 Å². The Morgan fingerprint density at radius 3 is 2.44 bits per heavy atom. The van der Waals surface area contributed by atoms with Crippen molar-refractivity contribution in [2.24, 2.45) is 5.92 Å². The van der Waals surface area contributed by atoms with Gasteiger partial charge < -0.3 is 5.32 Å². The number of nitrogens with zero attached hydrogens (tertiary/aromatic N) is 2. The molecule has 2 aliphatic heterocycles. The summed E-state index contributed by atoms with van der Waals surface area (Å²) >= 11 is 9.13. The first-order valence-electron chi connectivity index (χ1n) is 12.1. The van der Waals surface area contributed by atoms with Crippen molar-refractivity contribution in [1.29, 1.82) is 0 Å². The number of hydrogen-bond acceptors (Lipinski definition) is 7. The number of carbonyl (C=O) groups excluding carboxylic acids is 3. The number of fused-ring (bicyclic) bond motifs is 2. The summed E-state index contributed by atoms with van der Waals surface area (Å²) in [6.45, 7) is -0.339. The molecule has 0 spiro atoms. The van der Waals surface area contributed by atoms with Crippen molar-refractivity contribution >= 4 is 75.1 Å². The van der Waals surface area contributed by atoms with Crippen LogP contribution >= 0.6 is 46.0 Å². The number of thioether (sulfide) groups is 1. The van der Waals surface area contributed by atoms with E-state index < -0.39 is 51.4 Å². The third-order valence-corrected chi connectivity index (χ3v) is 10.6. The maximum atomic E-state index is 13.8. The van der Waals surface area contributed by atoms with Crippen molar-refractivity contribution in [2.45, 2.75) is 28.9 Å². The minimum absolute atomic E-state index is 0.169. The number of thiophene rings is 1. The minimum Gasteiger partial charge on any atom is -0.325 e. The Morgan fingerprint density at radius 1 is 1.00 bits per heavy atom. The van der Waals surface area contributed by atoms with E-state index in [1.807, 2.05) is 0 Å². The quantitative estimate of drug-likeness (QED) is 0.269. The average Bonchev–Trinajstić information content (AvgIpc) is 3.62. The number of carbonyl (C=O) groups is 3. The number of thiazole rings is 1. The van der Waals surface area contributed by atoms with E-state index in [9.17, 15) is 32.3 Å². The SMILES string of the molecule is O=C(Cn1c2c(sc1=O)[C@@H](c1cccs1)C1C(=O)N(c3cccc(C(F)(F)F)c3)C(=O)C1S2)Nc1ccc(Cl)cc1. The van der Waals surface area contributed by atoms with Crippen LogP contribution in [-0.4, -0.2) is 27.5 Å². The Bertz CT molecular complexity index is 1730. The van der Waals surface area contributed by atoms with Gasteiger partial charge in [-0.05, 0) is 53.9 Å². The number of imide groups is 1. The molecule has 2 aromatic heterocycles. The first-order valence-corrected chi connectivity index (χ1v) is 15.0. The summed E-state index contributed by atoms with van der Waals surface area (Å²) < 4.78 is 41.5. The number of benzene rings is 2. The monoisotopic (exact) mass is 635 g/mol. The van der Waals surface area contributed by atoms with Crippen LogP contribution in [0.5, 0.6) is 0 Å². The van der Waals surface area contributed by atoms with Gasteiger partial charge in [0, 0.05) is 26.4 Å². The molecule has 6 rings (SSSR count). The van der Waals surface area contributed by atoms with Gasteiger partial charge in [-0.15, -0.1) is 11.3 Å². The van der Waals surface area contributed by atoms with E-state index in [0.717, 1.165) is 51.1 Å². The van der Waals surface area contributed by atoms with Gasteiger partial charge in [0.15, 0.2) is 0 Å². The molecule has 3 amide bonds. The van der Waals surface area contributed by atoms with Crippen molar-refractivity contribution < 1.29 is 27.6 Å². The van der Waals surface area contributed by atoms with Crippen molar-refractivity contribution in [3.8, 4) is 0 Å². The zero-order valence-electron chi connectivity index (χ0n) is 20.6. The number of halogens is 4. The van der Waals surface area contributed by atoms with Crippen LogP contribution in [0.2, 0.25) is 5.02 Å². The molecule has 4 heterocycles.